The second-order valence-corrected chi connectivity index (χ2v) is 7.59. The molecule has 0 aliphatic carbocycles. The summed E-state index contributed by atoms with van der Waals surface area (Å²) >= 11 is 0. The van der Waals surface area contributed by atoms with Crippen molar-refractivity contribution in [2.75, 3.05) is 6.61 Å². The Morgan fingerprint density at radius 2 is 2.13 bits per heavy atom. The van der Waals surface area contributed by atoms with Gasteiger partial charge in [-0.15, -0.1) is 0 Å². The molecule has 0 radical (unpaired) electrons. The molecule has 3 aliphatic heterocycles. The van der Waals surface area contributed by atoms with Crippen LogP contribution in [0.3, 0.4) is 0 Å². The predicted molar refractivity (Wildman–Crippen MR) is 111 cm³/mol. The lowest BCUT2D eigenvalue weighted by Crippen LogP contribution is -2.48. The van der Waals surface area contributed by atoms with Gasteiger partial charge >= 0.3 is 0 Å². The maximum atomic E-state index is 10.6. The number of nitrogens with zero attached hydrogens (tertiary/aromatic N) is 5. The molecule has 158 valence electrons. The summed E-state index contributed by atoms with van der Waals surface area (Å²) in [6.07, 6.45) is 2.33. The van der Waals surface area contributed by atoms with Crippen molar-refractivity contribution in [3.8, 4) is 11.8 Å². The van der Waals surface area contributed by atoms with Crippen LogP contribution in [0, 0.1) is 17.2 Å². The van der Waals surface area contributed by atoms with Crippen LogP contribution in [0.2, 0.25) is 0 Å². The Balaban J connectivity index is 1.26. The van der Waals surface area contributed by atoms with Crippen molar-refractivity contribution in [2.24, 2.45) is 21.6 Å². The van der Waals surface area contributed by atoms with Gasteiger partial charge in [0.25, 0.3) is 0 Å². The number of hydrogen-bond donors (Lipinski definition) is 3. The van der Waals surface area contributed by atoms with Gasteiger partial charge in [0, 0.05) is 23.8 Å². The molecule has 1 aromatic heterocycles. The molecule has 1 saturated heterocycles. The summed E-state index contributed by atoms with van der Waals surface area (Å²) in [6.45, 7) is 0.0367. The number of pyridine rings is 1. The van der Waals surface area contributed by atoms with Gasteiger partial charge in [0.15, 0.2) is 6.23 Å². The molecule has 0 spiro atoms. The van der Waals surface area contributed by atoms with Crippen LogP contribution in [0.5, 0.6) is 5.75 Å². The second kappa shape index (κ2) is 7.63. The molecule has 0 bridgehead atoms. The van der Waals surface area contributed by atoms with E-state index in [0.29, 0.717) is 22.7 Å². The van der Waals surface area contributed by atoms with Crippen LogP contribution in [0.15, 0.2) is 52.7 Å². The fraction of sp³-hybridized carbons (Fsp3) is 0.333. The highest BCUT2D eigenvalue weighted by Crippen LogP contribution is 2.33. The topological polar surface area (TPSA) is 150 Å². The highest BCUT2D eigenvalue weighted by atomic mass is 16.6. The molecule has 31 heavy (non-hydrogen) atoms. The summed E-state index contributed by atoms with van der Waals surface area (Å²) in [5.41, 5.74) is 7.09. The molecule has 1 fully saturated rings. The largest absolute Gasteiger partial charge is 0.491 e. The summed E-state index contributed by atoms with van der Waals surface area (Å²) in [5, 5.41) is 30.9. The molecular formula is C21H20N6O4. The quantitative estimate of drug-likeness (QED) is 0.630. The summed E-state index contributed by atoms with van der Waals surface area (Å²) in [6, 6.07) is 9.12. The average molecular weight is 420 g/mol. The lowest BCUT2D eigenvalue weighted by atomic mass is 10.1. The molecule has 10 heteroatoms. The van der Waals surface area contributed by atoms with E-state index in [1.54, 1.807) is 29.3 Å². The first-order chi connectivity index (χ1) is 15.0. The minimum atomic E-state index is -1.14. The zero-order valence-electron chi connectivity index (χ0n) is 16.3. The van der Waals surface area contributed by atoms with E-state index < -0.39 is 24.5 Å². The van der Waals surface area contributed by atoms with E-state index in [9.17, 15) is 10.2 Å². The smallest absolute Gasteiger partial charge is 0.160 e. The first-order valence-corrected chi connectivity index (χ1v) is 9.80. The van der Waals surface area contributed by atoms with E-state index in [1.165, 1.54) is 12.5 Å². The number of aromatic nitrogens is 1. The third kappa shape index (κ3) is 3.38. The van der Waals surface area contributed by atoms with E-state index >= 15 is 0 Å². The molecule has 4 heterocycles. The van der Waals surface area contributed by atoms with Crippen LogP contribution < -0.4 is 10.5 Å². The fourth-order valence-corrected chi connectivity index (χ4v) is 4.02. The number of nitrogens with two attached hydrogens (primary N) is 1. The third-order valence-electron chi connectivity index (χ3n) is 5.69. The third-order valence-corrected chi connectivity index (χ3v) is 5.69. The van der Waals surface area contributed by atoms with Crippen LogP contribution >= 0.6 is 0 Å². The highest BCUT2D eigenvalue weighted by molar-refractivity contribution is 5.93. The van der Waals surface area contributed by atoms with E-state index in [0.717, 1.165) is 5.39 Å². The maximum absolute atomic E-state index is 10.6. The Kier molecular flexibility index (Phi) is 4.78. The fourth-order valence-electron chi connectivity index (χ4n) is 4.02. The number of benzene rings is 1. The number of rotatable bonds is 4. The number of aliphatic hydroxyl groups is 2. The lowest BCUT2D eigenvalue weighted by molar-refractivity contribution is -0.0878. The zero-order valence-corrected chi connectivity index (χ0v) is 16.3. The van der Waals surface area contributed by atoms with Crippen molar-refractivity contribution >= 4 is 23.1 Å². The Morgan fingerprint density at radius 3 is 2.97 bits per heavy atom. The molecule has 6 atom stereocenters. The van der Waals surface area contributed by atoms with Crippen LogP contribution in [-0.4, -0.2) is 69.6 Å². The number of fused-ring (bicyclic) bond motifs is 2. The molecule has 10 nitrogen and oxygen atoms in total. The molecular weight excluding hydrogens is 400 g/mol. The number of nitriles is 1. The number of aliphatic imine (C=N–C) groups is 2. The van der Waals surface area contributed by atoms with E-state index in [4.69, 9.17) is 20.5 Å². The van der Waals surface area contributed by atoms with Crippen molar-refractivity contribution < 1.29 is 19.7 Å². The molecule has 1 aromatic carbocycles. The first-order valence-electron chi connectivity index (χ1n) is 9.80. The molecule has 5 rings (SSSR count). The number of ether oxygens (including phenoxy) is 2. The number of hydrogen-bond acceptors (Lipinski definition) is 10. The minimum Gasteiger partial charge on any atom is -0.491 e. The van der Waals surface area contributed by atoms with Crippen molar-refractivity contribution in [3.05, 3.63) is 48.3 Å². The van der Waals surface area contributed by atoms with Gasteiger partial charge in [-0.1, -0.05) is 6.08 Å². The highest BCUT2D eigenvalue weighted by Gasteiger charge is 2.49. The van der Waals surface area contributed by atoms with Gasteiger partial charge in [-0.3, -0.25) is 4.98 Å². The van der Waals surface area contributed by atoms with Crippen molar-refractivity contribution in [1.29, 1.82) is 5.26 Å². The van der Waals surface area contributed by atoms with Crippen molar-refractivity contribution in [3.63, 3.8) is 0 Å². The van der Waals surface area contributed by atoms with Gasteiger partial charge in [0.05, 0.1) is 17.0 Å². The molecule has 3 aliphatic rings. The normalized spacial score (nSPS) is 31.5. The van der Waals surface area contributed by atoms with Crippen molar-refractivity contribution in [1.82, 2.24) is 9.88 Å². The van der Waals surface area contributed by atoms with Gasteiger partial charge in [-0.2, -0.15) is 5.26 Å². The average Bonchev–Trinajstić information content (AvgIpc) is 3.34. The number of aliphatic hydroxyl groups excluding tert-OH is 2. The minimum absolute atomic E-state index is 0.0367. The second-order valence-electron chi connectivity index (χ2n) is 7.59. The van der Waals surface area contributed by atoms with Gasteiger partial charge in [0.2, 0.25) is 0 Å². The molecule has 2 aromatic rings. The summed E-state index contributed by atoms with van der Waals surface area (Å²) in [4.78, 5) is 14.3. The van der Waals surface area contributed by atoms with E-state index in [-0.39, 0.29) is 18.7 Å². The molecule has 0 saturated carbocycles. The van der Waals surface area contributed by atoms with Crippen LogP contribution in [0.25, 0.3) is 10.9 Å². The molecule has 2 unspecified atom stereocenters. The van der Waals surface area contributed by atoms with Crippen LogP contribution in [-0.2, 0) is 4.74 Å². The van der Waals surface area contributed by atoms with Crippen LogP contribution in [0.1, 0.15) is 5.56 Å². The Hall–Kier alpha value is -3.52. The SMILES string of the molecule is N#Cc1cnc2cc(OC[C@H]3O[C@@H](N4C=CC5C(N)=NC=NC54)[C@H](O)[C@@H]3O)ccc2c1. The van der Waals surface area contributed by atoms with Gasteiger partial charge < -0.3 is 30.3 Å². The van der Waals surface area contributed by atoms with Gasteiger partial charge in [0.1, 0.15) is 55.1 Å². The number of amidine groups is 1. The first kappa shape index (κ1) is 19.4. The van der Waals surface area contributed by atoms with E-state index in [2.05, 4.69) is 21.0 Å². The van der Waals surface area contributed by atoms with Gasteiger partial charge in [-0.05, 0) is 18.2 Å². The molecule has 4 N–H and O–H groups in total. The Morgan fingerprint density at radius 1 is 1.26 bits per heavy atom. The van der Waals surface area contributed by atoms with Crippen molar-refractivity contribution in [2.45, 2.75) is 30.7 Å². The van der Waals surface area contributed by atoms with Crippen LogP contribution in [0.4, 0.5) is 0 Å². The Bertz CT molecular complexity index is 1140. The summed E-state index contributed by atoms with van der Waals surface area (Å²) in [5.74, 6) is 0.791. The van der Waals surface area contributed by atoms with Gasteiger partial charge in [-0.25, -0.2) is 9.98 Å². The van der Waals surface area contributed by atoms with E-state index in [1.807, 2.05) is 12.1 Å². The lowest BCUT2D eigenvalue weighted by Gasteiger charge is -2.33. The monoisotopic (exact) mass is 420 g/mol. The maximum Gasteiger partial charge on any atom is 0.160 e. The summed E-state index contributed by atoms with van der Waals surface area (Å²) < 4.78 is 11.7. The molecule has 0 amide bonds. The summed E-state index contributed by atoms with van der Waals surface area (Å²) in [7, 11) is 0. The standard InChI is InChI=1S/C21H20N6O4/c22-7-11-5-12-1-2-13(6-15(12)24-8-11)30-9-16-17(28)18(29)21(31-16)27-4-3-14-19(23)25-10-26-20(14)27/h1-6,8,10,14,16-18,20-21,28-29H,9H2,(H2,23,25,26)/t14?,16-,17-,18-,20?,21-/m1/s1. The predicted octanol–water partition coefficient (Wildman–Crippen LogP) is 0.103. The zero-order chi connectivity index (χ0) is 21.5. The Labute approximate surface area is 177 Å².